The van der Waals surface area contributed by atoms with Crippen LogP contribution < -0.4 is 4.90 Å². The Morgan fingerprint density at radius 2 is 1.64 bits per heavy atom. The molecule has 1 aliphatic heterocycles. The van der Waals surface area contributed by atoms with Crippen LogP contribution in [-0.4, -0.2) is 11.6 Å². The molecular formula is C24H31N. The molecule has 0 spiro atoms. The van der Waals surface area contributed by atoms with Gasteiger partial charge in [-0.15, -0.1) is 0 Å². The van der Waals surface area contributed by atoms with Crippen LogP contribution in [0.25, 0.3) is 11.1 Å². The minimum absolute atomic E-state index is 0.188. The molecule has 1 fully saturated rings. The van der Waals surface area contributed by atoms with E-state index in [1.165, 1.54) is 39.9 Å². The fourth-order valence-corrected chi connectivity index (χ4v) is 5.56. The molecule has 0 saturated carbocycles. The quantitative estimate of drug-likeness (QED) is 0.506. The van der Waals surface area contributed by atoms with Gasteiger partial charge in [0.25, 0.3) is 0 Å². The molecule has 1 heteroatoms. The summed E-state index contributed by atoms with van der Waals surface area (Å²) in [5.41, 5.74) is 10.7. The van der Waals surface area contributed by atoms with E-state index < -0.39 is 0 Å². The van der Waals surface area contributed by atoms with Crippen LogP contribution in [0.15, 0.2) is 30.3 Å². The maximum atomic E-state index is 2.74. The highest BCUT2D eigenvalue weighted by Crippen LogP contribution is 2.52. The molecule has 2 aliphatic rings. The van der Waals surface area contributed by atoms with E-state index >= 15 is 0 Å². The Labute approximate surface area is 153 Å². The number of rotatable bonds is 1. The average molecular weight is 334 g/mol. The summed E-state index contributed by atoms with van der Waals surface area (Å²) in [6.45, 7) is 16.6. The van der Waals surface area contributed by atoms with Gasteiger partial charge in [-0.3, -0.25) is 0 Å². The van der Waals surface area contributed by atoms with Gasteiger partial charge in [-0.1, -0.05) is 49.7 Å². The molecule has 1 heterocycles. The smallest absolute Gasteiger partial charge is 0.0445 e. The molecule has 0 radical (unpaired) electrons. The van der Waals surface area contributed by atoms with Crippen molar-refractivity contribution in [2.24, 2.45) is 5.41 Å². The van der Waals surface area contributed by atoms with E-state index in [9.17, 15) is 0 Å². The minimum Gasteiger partial charge on any atom is -0.363 e. The van der Waals surface area contributed by atoms with Gasteiger partial charge in [-0.05, 0) is 74.3 Å². The zero-order valence-corrected chi connectivity index (χ0v) is 16.8. The van der Waals surface area contributed by atoms with Gasteiger partial charge in [-0.25, -0.2) is 0 Å². The van der Waals surface area contributed by atoms with Gasteiger partial charge in [0.1, 0.15) is 0 Å². The molecule has 1 nitrogen and oxygen atoms in total. The number of hydrogen-bond acceptors (Lipinski definition) is 1. The number of anilines is 1. The van der Waals surface area contributed by atoms with Crippen LogP contribution in [-0.2, 0) is 6.42 Å². The van der Waals surface area contributed by atoms with Crippen molar-refractivity contribution < 1.29 is 0 Å². The van der Waals surface area contributed by atoms with Crippen LogP contribution >= 0.6 is 0 Å². The molecule has 0 N–H and O–H groups in total. The lowest BCUT2D eigenvalue weighted by Crippen LogP contribution is -2.44. The lowest BCUT2D eigenvalue weighted by atomic mass is 9.82. The van der Waals surface area contributed by atoms with Gasteiger partial charge < -0.3 is 4.90 Å². The monoisotopic (exact) mass is 333 g/mol. The van der Waals surface area contributed by atoms with Gasteiger partial charge in [0.05, 0.1) is 0 Å². The van der Waals surface area contributed by atoms with Gasteiger partial charge in [0, 0.05) is 23.7 Å². The summed E-state index contributed by atoms with van der Waals surface area (Å²) in [6.07, 6.45) is 2.30. The first kappa shape index (κ1) is 16.7. The SMILES string of the molecule is Cc1ccc2c(c1)Cc1c-2ccc(C)c1N1[C@@H](C)C(C)(C)CC1(C)C. The van der Waals surface area contributed by atoms with Crippen molar-refractivity contribution in [1.29, 1.82) is 0 Å². The Balaban J connectivity index is 1.91. The third-order valence-corrected chi connectivity index (χ3v) is 6.70. The summed E-state index contributed by atoms with van der Waals surface area (Å²) in [5, 5.41) is 0. The van der Waals surface area contributed by atoms with E-state index in [1.807, 2.05) is 0 Å². The predicted octanol–water partition coefficient (Wildman–Crippen LogP) is 6.28. The number of benzene rings is 2. The Hall–Kier alpha value is -1.76. The summed E-state index contributed by atoms with van der Waals surface area (Å²) >= 11 is 0. The Morgan fingerprint density at radius 1 is 0.960 bits per heavy atom. The van der Waals surface area contributed by atoms with Crippen LogP contribution in [0.5, 0.6) is 0 Å². The van der Waals surface area contributed by atoms with Crippen molar-refractivity contribution in [1.82, 2.24) is 0 Å². The molecule has 0 unspecified atom stereocenters. The second-order valence-corrected chi connectivity index (χ2v) is 9.62. The second kappa shape index (κ2) is 5.13. The van der Waals surface area contributed by atoms with Crippen LogP contribution in [0.1, 0.15) is 63.3 Å². The lowest BCUT2D eigenvalue weighted by Gasteiger charge is -2.40. The maximum absolute atomic E-state index is 2.74. The van der Waals surface area contributed by atoms with Crippen molar-refractivity contribution in [2.45, 2.75) is 72.9 Å². The lowest BCUT2D eigenvalue weighted by molar-refractivity contribution is 0.329. The summed E-state index contributed by atoms with van der Waals surface area (Å²) in [5.74, 6) is 0. The average Bonchev–Trinajstić information content (AvgIpc) is 2.92. The number of hydrogen-bond donors (Lipinski definition) is 0. The maximum Gasteiger partial charge on any atom is 0.0445 e. The Morgan fingerprint density at radius 3 is 2.28 bits per heavy atom. The predicted molar refractivity (Wildman–Crippen MR) is 109 cm³/mol. The third kappa shape index (κ3) is 2.35. The van der Waals surface area contributed by atoms with Crippen LogP contribution in [0.2, 0.25) is 0 Å². The standard InChI is InChI=1S/C24H31N/c1-15-8-10-19-18(12-15)13-21-20(19)11-9-16(2)22(21)25-17(3)23(4,5)14-24(25,6)7/h8-12,17H,13-14H2,1-7H3/t17-/m0/s1. The van der Waals surface area contributed by atoms with Gasteiger partial charge in [-0.2, -0.15) is 0 Å². The van der Waals surface area contributed by atoms with E-state index in [0.717, 1.165) is 6.42 Å². The Bertz CT molecular complexity index is 857. The van der Waals surface area contributed by atoms with E-state index in [0.29, 0.717) is 11.5 Å². The van der Waals surface area contributed by atoms with E-state index in [2.05, 4.69) is 83.7 Å². The Kier molecular flexibility index (Phi) is 3.42. The first-order valence-electron chi connectivity index (χ1n) is 9.63. The van der Waals surface area contributed by atoms with Crippen molar-refractivity contribution in [3.05, 3.63) is 52.6 Å². The first-order valence-corrected chi connectivity index (χ1v) is 9.63. The normalized spacial score (nSPS) is 22.8. The fraction of sp³-hybridized carbons (Fsp3) is 0.500. The van der Waals surface area contributed by atoms with E-state index in [4.69, 9.17) is 0 Å². The van der Waals surface area contributed by atoms with Gasteiger partial charge in [0.2, 0.25) is 0 Å². The summed E-state index contributed by atoms with van der Waals surface area (Å²) in [6, 6.07) is 12.2. The molecular weight excluding hydrogens is 302 g/mol. The van der Waals surface area contributed by atoms with E-state index in [1.54, 1.807) is 5.56 Å². The zero-order chi connectivity index (χ0) is 18.1. The highest BCUT2D eigenvalue weighted by Gasteiger charge is 2.49. The highest BCUT2D eigenvalue weighted by atomic mass is 15.3. The molecule has 132 valence electrons. The van der Waals surface area contributed by atoms with Crippen molar-refractivity contribution in [3.8, 4) is 11.1 Å². The largest absolute Gasteiger partial charge is 0.363 e. The fourth-order valence-electron chi connectivity index (χ4n) is 5.56. The molecule has 0 bridgehead atoms. The molecule has 1 saturated heterocycles. The third-order valence-electron chi connectivity index (χ3n) is 6.70. The topological polar surface area (TPSA) is 3.24 Å². The summed E-state index contributed by atoms with van der Waals surface area (Å²) < 4.78 is 0. The van der Waals surface area contributed by atoms with Crippen molar-refractivity contribution in [3.63, 3.8) is 0 Å². The molecule has 0 amide bonds. The molecule has 1 atom stereocenters. The van der Waals surface area contributed by atoms with Crippen molar-refractivity contribution >= 4 is 5.69 Å². The first-order chi connectivity index (χ1) is 11.6. The van der Waals surface area contributed by atoms with Gasteiger partial charge >= 0.3 is 0 Å². The number of nitrogens with zero attached hydrogens (tertiary/aromatic N) is 1. The van der Waals surface area contributed by atoms with Crippen LogP contribution in [0.3, 0.4) is 0 Å². The number of fused-ring (bicyclic) bond motifs is 3. The van der Waals surface area contributed by atoms with Crippen LogP contribution in [0.4, 0.5) is 5.69 Å². The molecule has 0 aromatic heterocycles. The molecule has 4 rings (SSSR count). The summed E-state index contributed by atoms with van der Waals surface area (Å²) in [4.78, 5) is 2.74. The minimum atomic E-state index is 0.188. The zero-order valence-electron chi connectivity index (χ0n) is 16.8. The molecule has 25 heavy (non-hydrogen) atoms. The molecule has 2 aromatic rings. The van der Waals surface area contributed by atoms with Gasteiger partial charge in [0.15, 0.2) is 0 Å². The summed E-state index contributed by atoms with van der Waals surface area (Å²) in [7, 11) is 0. The number of aryl methyl sites for hydroxylation is 2. The van der Waals surface area contributed by atoms with Crippen LogP contribution in [0, 0.1) is 19.3 Å². The highest BCUT2D eigenvalue weighted by molar-refractivity contribution is 5.84. The second-order valence-electron chi connectivity index (χ2n) is 9.62. The molecule has 2 aromatic carbocycles. The van der Waals surface area contributed by atoms with Crippen molar-refractivity contribution in [2.75, 3.05) is 4.90 Å². The van der Waals surface area contributed by atoms with E-state index in [-0.39, 0.29) is 5.54 Å². The molecule has 1 aliphatic carbocycles.